The largest absolute Gasteiger partial charge is 0.489 e. The number of hydrogen-bond acceptors (Lipinski definition) is 4. The van der Waals surface area contributed by atoms with E-state index in [0.717, 1.165) is 5.56 Å². The number of sulfonamides is 1. The third-order valence-electron chi connectivity index (χ3n) is 4.54. The predicted molar refractivity (Wildman–Crippen MR) is 108 cm³/mol. The minimum absolute atomic E-state index is 0.0880. The molecule has 1 aliphatic heterocycles. The normalized spacial score (nSPS) is 12.9. The highest BCUT2D eigenvalue weighted by Crippen LogP contribution is 2.35. The van der Waals surface area contributed by atoms with Crippen LogP contribution in [0.15, 0.2) is 77.7 Å². The summed E-state index contributed by atoms with van der Waals surface area (Å²) in [7, 11) is -4.04. The molecule has 3 aromatic carbocycles. The molecule has 1 heterocycles. The molecule has 6 heteroatoms. The van der Waals surface area contributed by atoms with Crippen molar-refractivity contribution in [1.82, 2.24) is 0 Å². The van der Waals surface area contributed by atoms with Crippen LogP contribution in [0.2, 0.25) is 0 Å². The predicted octanol–water partition coefficient (Wildman–Crippen LogP) is 3.64. The second kappa shape index (κ2) is 7.07. The fourth-order valence-electron chi connectivity index (χ4n) is 3.28. The van der Waals surface area contributed by atoms with Crippen LogP contribution >= 0.6 is 0 Å². The van der Waals surface area contributed by atoms with Crippen molar-refractivity contribution >= 4 is 21.9 Å². The standard InChI is InChI=1S/C22H17NO4S/c23-28(25,26)20-10-4-9-18(22(24)15-6-2-1-3-7-15)21(20)17-11-12-19-16(14-17)8-5-13-27-19/h1-12,14H,13H2,(H2,23,25,26). The Bertz CT molecular complexity index is 1200. The number of primary sulfonamides is 1. The van der Waals surface area contributed by atoms with E-state index in [0.29, 0.717) is 29.0 Å². The van der Waals surface area contributed by atoms with E-state index in [2.05, 4.69) is 0 Å². The summed E-state index contributed by atoms with van der Waals surface area (Å²) in [6, 6.07) is 18.6. The van der Waals surface area contributed by atoms with Gasteiger partial charge in [-0.3, -0.25) is 4.79 Å². The van der Waals surface area contributed by atoms with E-state index in [1.54, 1.807) is 48.5 Å². The van der Waals surface area contributed by atoms with Gasteiger partial charge in [-0.15, -0.1) is 0 Å². The van der Waals surface area contributed by atoms with Gasteiger partial charge in [-0.05, 0) is 29.8 Å². The molecule has 0 spiro atoms. The zero-order valence-electron chi connectivity index (χ0n) is 14.8. The maximum Gasteiger partial charge on any atom is 0.238 e. The Labute approximate surface area is 163 Å². The van der Waals surface area contributed by atoms with Crippen molar-refractivity contribution in [3.63, 3.8) is 0 Å². The maximum absolute atomic E-state index is 13.1. The third kappa shape index (κ3) is 3.35. The summed E-state index contributed by atoms with van der Waals surface area (Å²) in [5, 5.41) is 5.46. The number of carbonyl (C=O) groups is 1. The van der Waals surface area contributed by atoms with Crippen LogP contribution in [-0.2, 0) is 10.0 Å². The van der Waals surface area contributed by atoms with Crippen LogP contribution in [0.25, 0.3) is 17.2 Å². The average molecular weight is 391 g/mol. The van der Waals surface area contributed by atoms with Crippen LogP contribution in [0.4, 0.5) is 0 Å². The van der Waals surface area contributed by atoms with Crippen LogP contribution in [0.1, 0.15) is 21.5 Å². The van der Waals surface area contributed by atoms with Gasteiger partial charge in [0.25, 0.3) is 0 Å². The van der Waals surface area contributed by atoms with Crippen molar-refractivity contribution in [2.75, 3.05) is 6.61 Å². The molecule has 2 N–H and O–H groups in total. The molecule has 1 aliphatic rings. The van der Waals surface area contributed by atoms with Crippen LogP contribution in [0.5, 0.6) is 5.75 Å². The third-order valence-corrected chi connectivity index (χ3v) is 5.50. The fourth-order valence-corrected chi connectivity index (χ4v) is 4.06. The summed E-state index contributed by atoms with van der Waals surface area (Å²) in [4.78, 5) is 13.0. The van der Waals surface area contributed by atoms with Crippen LogP contribution in [-0.4, -0.2) is 20.8 Å². The lowest BCUT2D eigenvalue weighted by molar-refractivity contribution is 0.103. The lowest BCUT2D eigenvalue weighted by Crippen LogP contribution is -2.16. The molecule has 0 fully saturated rings. The van der Waals surface area contributed by atoms with Gasteiger partial charge in [-0.2, -0.15) is 0 Å². The van der Waals surface area contributed by atoms with Gasteiger partial charge in [0.2, 0.25) is 10.0 Å². The van der Waals surface area contributed by atoms with Gasteiger partial charge < -0.3 is 4.74 Å². The van der Waals surface area contributed by atoms with Gasteiger partial charge in [0.1, 0.15) is 12.4 Å². The van der Waals surface area contributed by atoms with Gasteiger partial charge in [0, 0.05) is 22.3 Å². The highest BCUT2D eigenvalue weighted by atomic mass is 32.2. The molecule has 0 saturated carbocycles. The topological polar surface area (TPSA) is 86.5 Å². The molecular weight excluding hydrogens is 374 g/mol. The number of hydrogen-bond donors (Lipinski definition) is 1. The first-order chi connectivity index (χ1) is 13.4. The Morgan fingerprint density at radius 1 is 0.964 bits per heavy atom. The summed E-state index contributed by atoms with van der Waals surface area (Å²) in [5.74, 6) is 0.431. The van der Waals surface area contributed by atoms with Gasteiger partial charge in [-0.25, -0.2) is 13.6 Å². The Morgan fingerprint density at radius 3 is 2.50 bits per heavy atom. The van der Waals surface area contributed by atoms with E-state index in [1.165, 1.54) is 12.1 Å². The zero-order chi connectivity index (χ0) is 19.7. The lowest BCUT2D eigenvalue weighted by Gasteiger charge is -2.17. The molecule has 0 bridgehead atoms. The van der Waals surface area contributed by atoms with Crippen molar-refractivity contribution in [2.45, 2.75) is 4.90 Å². The maximum atomic E-state index is 13.1. The molecule has 0 radical (unpaired) electrons. The van der Waals surface area contributed by atoms with E-state index in [4.69, 9.17) is 9.88 Å². The van der Waals surface area contributed by atoms with E-state index >= 15 is 0 Å². The summed E-state index contributed by atoms with van der Waals surface area (Å²) < 4.78 is 30.1. The number of carbonyl (C=O) groups excluding carboxylic acids is 1. The Morgan fingerprint density at radius 2 is 1.75 bits per heavy atom. The molecule has 28 heavy (non-hydrogen) atoms. The zero-order valence-corrected chi connectivity index (χ0v) is 15.6. The minimum atomic E-state index is -4.04. The van der Waals surface area contributed by atoms with Gasteiger partial charge in [0.15, 0.2) is 5.78 Å². The van der Waals surface area contributed by atoms with Crippen molar-refractivity contribution in [1.29, 1.82) is 0 Å². The van der Waals surface area contributed by atoms with E-state index in [1.807, 2.05) is 18.2 Å². The molecule has 0 amide bonds. The van der Waals surface area contributed by atoms with Gasteiger partial charge in [0.05, 0.1) is 4.90 Å². The molecule has 140 valence electrons. The molecule has 0 saturated heterocycles. The van der Waals surface area contributed by atoms with E-state index in [-0.39, 0.29) is 16.2 Å². The number of nitrogens with two attached hydrogens (primary N) is 1. The van der Waals surface area contributed by atoms with Crippen LogP contribution in [0, 0.1) is 0 Å². The number of benzene rings is 3. The SMILES string of the molecule is NS(=O)(=O)c1cccc(C(=O)c2ccccc2)c1-c1ccc2c(c1)C=CCO2. The molecule has 0 aromatic heterocycles. The van der Waals surface area contributed by atoms with Gasteiger partial charge >= 0.3 is 0 Å². The Hall–Kier alpha value is -3.22. The number of rotatable bonds is 4. The highest BCUT2D eigenvalue weighted by Gasteiger charge is 2.23. The molecule has 5 nitrogen and oxygen atoms in total. The Balaban J connectivity index is 1.97. The molecular formula is C22H17NO4S. The van der Waals surface area contributed by atoms with E-state index in [9.17, 15) is 13.2 Å². The second-order valence-corrected chi connectivity index (χ2v) is 7.91. The summed E-state index contributed by atoms with van der Waals surface area (Å²) in [6.07, 6.45) is 3.77. The number of ether oxygens (including phenoxy) is 1. The van der Waals surface area contributed by atoms with Crippen LogP contribution < -0.4 is 9.88 Å². The lowest BCUT2D eigenvalue weighted by atomic mass is 9.92. The quantitative estimate of drug-likeness (QED) is 0.688. The van der Waals surface area contributed by atoms with Crippen molar-refractivity contribution in [3.05, 3.63) is 89.5 Å². The first-order valence-electron chi connectivity index (χ1n) is 8.64. The first-order valence-corrected chi connectivity index (χ1v) is 10.2. The van der Waals surface area contributed by atoms with Gasteiger partial charge in [-0.1, -0.05) is 54.6 Å². The Kier molecular flexibility index (Phi) is 4.58. The molecule has 4 rings (SSSR count). The monoisotopic (exact) mass is 391 g/mol. The van der Waals surface area contributed by atoms with Crippen molar-refractivity contribution < 1.29 is 17.9 Å². The van der Waals surface area contributed by atoms with Crippen LogP contribution in [0.3, 0.4) is 0 Å². The minimum Gasteiger partial charge on any atom is -0.489 e. The molecule has 0 aliphatic carbocycles. The fraction of sp³-hybridized carbons (Fsp3) is 0.0455. The number of ketones is 1. The van der Waals surface area contributed by atoms with E-state index < -0.39 is 10.0 Å². The summed E-state index contributed by atoms with van der Waals surface area (Å²) in [5.41, 5.74) is 2.43. The average Bonchev–Trinajstić information content (AvgIpc) is 2.72. The molecule has 0 atom stereocenters. The summed E-state index contributed by atoms with van der Waals surface area (Å²) >= 11 is 0. The number of fused-ring (bicyclic) bond motifs is 1. The van der Waals surface area contributed by atoms with Crippen molar-refractivity contribution in [2.24, 2.45) is 5.14 Å². The smallest absolute Gasteiger partial charge is 0.238 e. The molecule has 3 aromatic rings. The van der Waals surface area contributed by atoms with Crippen molar-refractivity contribution in [3.8, 4) is 16.9 Å². The highest BCUT2D eigenvalue weighted by molar-refractivity contribution is 7.89. The first kappa shape index (κ1) is 18.2. The summed E-state index contributed by atoms with van der Waals surface area (Å²) in [6.45, 7) is 0.484. The molecule has 0 unspecified atom stereocenters. The second-order valence-electron chi connectivity index (χ2n) is 6.38.